The van der Waals surface area contributed by atoms with Gasteiger partial charge in [0.05, 0.1) is 24.9 Å². The largest absolute Gasteiger partial charge is 0.495 e. The highest BCUT2D eigenvalue weighted by Gasteiger charge is 2.36. The summed E-state index contributed by atoms with van der Waals surface area (Å²) in [6, 6.07) is 7.73. The average molecular weight is 304 g/mol. The topological polar surface area (TPSA) is 50.8 Å². The van der Waals surface area contributed by atoms with Crippen LogP contribution in [-0.2, 0) is 9.53 Å². The summed E-state index contributed by atoms with van der Waals surface area (Å²) in [5, 5.41) is 3.45. The minimum Gasteiger partial charge on any atom is -0.495 e. The predicted octanol–water partition coefficient (Wildman–Crippen LogP) is 1.96. The number of ether oxygens (including phenoxy) is 2. The van der Waals surface area contributed by atoms with Crippen molar-refractivity contribution < 1.29 is 14.3 Å². The second kappa shape index (κ2) is 6.67. The molecule has 0 radical (unpaired) electrons. The van der Waals surface area contributed by atoms with Gasteiger partial charge < -0.3 is 19.7 Å². The zero-order chi connectivity index (χ0) is 15.5. The first-order valence-electron chi connectivity index (χ1n) is 8.02. The minimum absolute atomic E-state index is 0.120. The molecule has 22 heavy (non-hydrogen) atoms. The lowest BCUT2D eigenvalue weighted by atomic mass is 10.1. The van der Waals surface area contributed by atoms with Crippen LogP contribution >= 0.6 is 0 Å². The van der Waals surface area contributed by atoms with Crippen LogP contribution in [0.25, 0.3) is 0 Å². The Morgan fingerprint density at radius 1 is 1.36 bits per heavy atom. The lowest BCUT2D eigenvalue weighted by Gasteiger charge is -2.24. The van der Waals surface area contributed by atoms with Crippen molar-refractivity contribution >= 4 is 11.6 Å². The van der Waals surface area contributed by atoms with Crippen molar-refractivity contribution in [3.8, 4) is 5.75 Å². The smallest absolute Gasteiger partial charge is 0.244 e. The number of benzene rings is 1. The Balaban J connectivity index is 1.66. The Bertz CT molecular complexity index is 528. The SMILES string of the molecule is COc1ccccc1N1CC[C@H](N[C@@H](C)[C@@H]2CCCO2)C1=O. The van der Waals surface area contributed by atoms with Gasteiger partial charge in [0.25, 0.3) is 0 Å². The highest BCUT2D eigenvalue weighted by atomic mass is 16.5. The molecule has 120 valence electrons. The molecule has 5 nitrogen and oxygen atoms in total. The van der Waals surface area contributed by atoms with Gasteiger partial charge in [-0.15, -0.1) is 0 Å². The summed E-state index contributed by atoms with van der Waals surface area (Å²) >= 11 is 0. The van der Waals surface area contributed by atoms with Crippen molar-refractivity contribution in [1.29, 1.82) is 0 Å². The molecule has 0 aromatic heterocycles. The predicted molar refractivity (Wildman–Crippen MR) is 85.3 cm³/mol. The van der Waals surface area contributed by atoms with E-state index in [-0.39, 0.29) is 24.1 Å². The van der Waals surface area contributed by atoms with E-state index in [0.717, 1.165) is 43.9 Å². The van der Waals surface area contributed by atoms with E-state index in [4.69, 9.17) is 9.47 Å². The van der Waals surface area contributed by atoms with Crippen LogP contribution in [-0.4, -0.2) is 44.4 Å². The highest BCUT2D eigenvalue weighted by Crippen LogP contribution is 2.31. The zero-order valence-corrected chi connectivity index (χ0v) is 13.2. The molecule has 1 amide bonds. The maximum atomic E-state index is 12.7. The first kappa shape index (κ1) is 15.3. The van der Waals surface area contributed by atoms with Gasteiger partial charge in [0.15, 0.2) is 0 Å². The van der Waals surface area contributed by atoms with Gasteiger partial charge in [-0.25, -0.2) is 0 Å². The summed E-state index contributed by atoms with van der Waals surface area (Å²) in [6.45, 7) is 3.66. The second-order valence-electron chi connectivity index (χ2n) is 6.01. The molecular weight excluding hydrogens is 280 g/mol. The summed E-state index contributed by atoms with van der Waals surface area (Å²) in [6.07, 6.45) is 3.23. The number of methoxy groups -OCH3 is 1. The van der Waals surface area contributed by atoms with Gasteiger partial charge in [-0.2, -0.15) is 0 Å². The van der Waals surface area contributed by atoms with Crippen LogP contribution in [0.15, 0.2) is 24.3 Å². The first-order valence-corrected chi connectivity index (χ1v) is 8.02. The van der Waals surface area contributed by atoms with E-state index in [0.29, 0.717) is 0 Å². The fourth-order valence-electron chi connectivity index (χ4n) is 3.35. The third-order valence-electron chi connectivity index (χ3n) is 4.57. The number of nitrogens with one attached hydrogen (secondary N) is 1. The van der Waals surface area contributed by atoms with Crippen molar-refractivity contribution in [3.63, 3.8) is 0 Å². The number of amides is 1. The van der Waals surface area contributed by atoms with Crippen LogP contribution in [0, 0.1) is 0 Å². The number of rotatable bonds is 5. The molecule has 2 heterocycles. The third kappa shape index (κ3) is 2.96. The molecule has 5 heteroatoms. The molecule has 1 aromatic carbocycles. The third-order valence-corrected chi connectivity index (χ3v) is 4.57. The summed E-state index contributed by atoms with van der Waals surface area (Å²) in [7, 11) is 1.63. The van der Waals surface area contributed by atoms with E-state index in [1.165, 1.54) is 0 Å². The van der Waals surface area contributed by atoms with E-state index >= 15 is 0 Å². The lowest BCUT2D eigenvalue weighted by molar-refractivity contribution is -0.119. The molecule has 0 saturated carbocycles. The number of hydrogen-bond donors (Lipinski definition) is 1. The molecule has 1 aromatic rings. The molecule has 2 saturated heterocycles. The normalized spacial score (nSPS) is 26.5. The van der Waals surface area contributed by atoms with E-state index < -0.39 is 0 Å². The maximum Gasteiger partial charge on any atom is 0.244 e. The van der Waals surface area contributed by atoms with E-state index in [1.54, 1.807) is 7.11 Å². The summed E-state index contributed by atoms with van der Waals surface area (Å²) < 4.78 is 11.1. The molecule has 0 bridgehead atoms. The van der Waals surface area contributed by atoms with Crippen LogP contribution < -0.4 is 15.0 Å². The van der Waals surface area contributed by atoms with E-state index in [2.05, 4.69) is 12.2 Å². The summed E-state index contributed by atoms with van der Waals surface area (Å²) in [5.41, 5.74) is 0.851. The van der Waals surface area contributed by atoms with Gasteiger partial charge in [-0.05, 0) is 38.3 Å². The van der Waals surface area contributed by atoms with E-state index in [9.17, 15) is 4.79 Å². The fourth-order valence-corrected chi connectivity index (χ4v) is 3.35. The average Bonchev–Trinajstić information content (AvgIpc) is 3.18. The standard InChI is InChI=1S/C17H24N2O3/c1-12(15-8-5-11-22-15)18-13-9-10-19(17(13)20)14-6-3-4-7-16(14)21-2/h3-4,6-7,12-13,15,18H,5,8-11H2,1-2H3/t12-,13-,15-/m0/s1. The minimum atomic E-state index is -0.135. The number of nitrogens with zero attached hydrogens (tertiary/aromatic N) is 1. The number of para-hydroxylation sites is 2. The van der Waals surface area contributed by atoms with Crippen molar-refractivity contribution in [1.82, 2.24) is 5.32 Å². The van der Waals surface area contributed by atoms with Crippen LogP contribution in [0.2, 0.25) is 0 Å². The fraction of sp³-hybridized carbons (Fsp3) is 0.588. The van der Waals surface area contributed by atoms with Crippen molar-refractivity contribution in [2.45, 2.75) is 44.4 Å². The highest BCUT2D eigenvalue weighted by molar-refractivity contribution is 6.00. The van der Waals surface area contributed by atoms with Gasteiger partial charge in [-0.1, -0.05) is 12.1 Å². The lowest BCUT2D eigenvalue weighted by Crippen LogP contribution is -2.47. The van der Waals surface area contributed by atoms with Crippen molar-refractivity contribution in [2.75, 3.05) is 25.2 Å². The van der Waals surface area contributed by atoms with Gasteiger partial charge in [0, 0.05) is 19.2 Å². The Morgan fingerprint density at radius 3 is 2.91 bits per heavy atom. The molecule has 3 rings (SSSR count). The van der Waals surface area contributed by atoms with Gasteiger partial charge in [-0.3, -0.25) is 4.79 Å². The molecule has 0 aliphatic carbocycles. The van der Waals surface area contributed by atoms with E-state index in [1.807, 2.05) is 29.2 Å². The van der Waals surface area contributed by atoms with Crippen LogP contribution in [0.5, 0.6) is 5.75 Å². The molecule has 1 N–H and O–H groups in total. The number of anilines is 1. The van der Waals surface area contributed by atoms with Gasteiger partial charge in [0.1, 0.15) is 5.75 Å². The quantitative estimate of drug-likeness (QED) is 0.903. The zero-order valence-electron chi connectivity index (χ0n) is 13.2. The second-order valence-corrected chi connectivity index (χ2v) is 6.01. The summed E-state index contributed by atoms with van der Waals surface area (Å²) in [5.74, 6) is 0.859. The number of hydrogen-bond acceptors (Lipinski definition) is 4. The molecule has 2 aliphatic rings. The Hall–Kier alpha value is -1.59. The van der Waals surface area contributed by atoms with Crippen LogP contribution in [0.3, 0.4) is 0 Å². The molecule has 2 aliphatic heterocycles. The Labute approximate surface area is 131 Å². The molecule has 3 atom stereocenters. The monoisotopic (exact) mass is 304 g/mol. The molecular formula is C17H24N2O3. The Morgan fingerprint density at radius 2 is 2.18 bits per heavy atom. The maximum absolute atomic E-state index is 12.7. The van der Waals surface area contributed by atoms with Gasteiger partial charge >= 0.3 is 0 Å². The number of carbonyl (C=O) groups is 1. The number of carbonyl (C=O) groups excluding carboxylic acids is 1. The van der Waals surface area contributed by atoms with Crippen molar-refractivity contribution in [3.05, 3.63) is 24.3 Å². The van der Waals surface area contributed by atoms with Crippen LogP contribution in [0.4, 0.5) is 5.69 Å². The molecule has 2 fully saturated rings. The van der Waals surface area contributed by atoms with Crippen molar-refractivity contribution in [2.24, 2.45) is 0 Å². The first-order chi connectivity index (χ1) is 10.7. The van der Waals surface area contributed by atoms with Gasteiger partial charge in [0.2, 0.25) is 5.91 Å². The molecule has 0 unspecified atom stereocenters. The summed E-state index contributed by atoms with van der Waals surface area (Å²) in [4.78, 5) is 14.5. The Kier molecular flexibility index (Phi) is 4.64. The molecule has 0 spiro atoms. The van der Waals surface area contributed by atoms with Crippen LogP contribution in [0.1, 0.15) is 26.2 Å².